The lowest BCUT2D eigenvalue weighted by atomic mass is 10.3. The number of sulfonamides is 1. The van der Waals surface area contributed by atoms with Crippen molar-refractivity contribution < 1.29 is 17.2 Å². The minimum absolute atomic E-state index is 0.148. The van der Waals surface area contributed by atoms with Gasteiger partial charge in [-0.3, -0.25) is 0 Å². The summed E-state index contributed by atoms with van der Waals surface area (Å²) in [4.78, 5) is 3.75. The maximum Gasteiger partial charge on any atom is 0.242 e. The van der Waals surface area contributed by atoms with E-state index >= 15 is 0 Å². The third-order valence-electron chi connectivity index (χ3n) is 2.83. The Morgan fingerprint density at radius 1 is 1.43 bits per heavy atom. The van der Waals surface area contributed by atoms with Crippen molar-refractivity contribution in [2.75, 3.05) is 5.73 Å². The van der Waals surface area contributed by atoms with Crippen LogP contribution in [0.5, 0.6) is 0 Å². The summed E-state index contributed by atoms with van der Waals surface area (Å²) in [5.41, 5.74) is 5.73. The fourth-order valence-corrected chi connectivity index (χ4v) is 3.12. The van der Waals surface area contributed by atoms with E-state index in [9.17, 15) is 12.8 Å². The highest BCUT2D eigenvalue weighted by molar-refractivity contribution is 7.89. The van der Waals surface area contributed by atoms with Gasteiger partial charge in [0.2, 0.25) is 15.9 Å². The number of nitrogen functional groups attached to an aromatic ring is 1. The van der Waals surface area contributed by atoms with Gasteiger partial charge in [0.1, 0.15) is 16.5 Å². The number of halogens is 2. The number of nitrogens with two attached hydrogens (primary N) is 1. The Bertz CT molecular complexity index is 770. The van der Waals surface area contributed by atoms with Gasteiger partial charge in [-0.2, -0.15) is 0 Å². The SMILES string of the molecule is Cc1nc(CNS(=O)(=O)c2cc(N)c(F)cc2Cl)oc1C. The van der Waals surface area contributed by atoms with E-state index in [-0.39, 0.29) is 28.0 Å². The van der Waals surface area contributed by atoms with Gasteiger partial charge in [-0.25, -0.2) is 22.5 Å². The molecule has 114 valence electrons. The second kappa shape index (κ2) is 5.63. The summed E-state index contributed by atoms with van der Waals surface area (Å²) >= 11 is 5.74. The average molecular weight is 334 g/mol. The van der Waals surface area contributed by atoms with Gasteiger partial charge in [0.15, 0.2) is 0 Å². The first-order valence-corrected chi connectivity index (χ1v) is 7.74. The molecule has 0 radical (unpaired) electrons. The number of oxazole rings is 1. The second-order valence-electron chi connectivity index (χ2n) is 4.38. The second-order valence-corrected chi connectivity index (χ2v) is 6.52. The normalized spacial score (nSPS) is 11.8. The molecule has 0 unspecified atom stereocenters. The summed E-state index contributed by atoms with van der Waals surface area (Å²) in [7, 11) is -3.96. The van der Waals surface area contributed by atoms with Gasteiger partial charge in [-0.1, -0.05) is 11.6 Å². The van der Waals surface area contributed by atoms with E-state index < -0.39 is 15.8 Å². The molecule has 0 saturated heterocycles. The van der Waals surface area contributed by atoms with Crippen LogP contribution in [-0.4, -0.2) is 13.4 Å². The van der Waals surface area contributed by atoms with Crippen LogP contribution < -0.4 is 10.5 Å². The van der Waals surface area contributed by atoms with Crippen molar-refractivity contribution in [1.29, 1.82) is 0 Å². The van der Waals surface area contributed by atoms with Crippen LogP contribution in [0.4, 0.5) is 10.1 Å². The Kier molecular flexibility index (Phi) is 4.22. The molecule has 9 heteroatoms. The van der Waals surface area contributed by atoms with Crippen LogP contribution in [0.3, 0.4) is 0 Å². The molecular formula is C12H13ClFN3O3S. The van der Waals surface area contributed by atoms with E-state index in [2.05, 4.69) is 9.71 Å². The predicted molar refractivity (Wildman–Crippen MR) is 75.8 cm³/mol. The molecule has 0 bridgehead atoms. The van der Waals surface area contributed by atoms with Gasteiger partial charge in [-0.15, -0.1) is 0 Å². The molecule has 0 spiro atoms. The summed E-state index contributed by atoms with van der Waals surface area (Å²) in [6.45, 7) is 3.32. The van der Waals surface area contributed by atoms with Crippen molar-refractivity contribution in [3.05, 3.63) is 40.3 Å². The molecule has 0 aliphatic carbocycles. The molecule has 0 saturated carbocycles. The Morgan fingerprint density at radius 3 is 2.67 bits per heavy atom. The molecule has 0 aliphatic heterocycles. The zero-order chi connectivity index (χ0) is 15.8. The van der Waals surface area contributed by atoms with Gasteiger partial charge in [0.05, 0.1) is 22.9 Å². The first-order valence-electron chi connectivity index (χ1n) is 5.88. The van der Waals surface area contributed by atoms with Gasteiger partial charge in [0.25, 0.3) is 0 Å². The van der Waals surface area contributed by atoms with Crippen molar-refractivity contribution in [1.82, 2.24) is 9.71 Å². The van der Waals surface area contributed by atoms with Crippen molar-refractivity contribution in [2.45, 2.75) is 25.3 Å². The van der Waals surface area contributed by atoms with Crippen LogP contribution in [0.1, 0.15) is 17.3 Å². The zero-order valence-corrected chi connectivity index (χ0v) is 12.8. The maximum absolute atomic E-state index is 13.2. The molecule has 1 heterocycles. The highest BCUT2D eigenvalue weighted by atomic mass is 35.5. The Morgan fingerprint density at radius 2 is 2.10 bits per heavy atom. The minimum Gasteiger partial charge on any atom is -0.444 e. The van der Waals surface area contributed by atoms with Crippen LogP contribution in [-0.2, 0) is 16.6 Å². The molecule has 0 amide bonds. The number of hydrogen-bond donors (Lipinski definition) is 2. The number of aromatic nitrogens is 1. The Balaban J connectivity index is 2.24. The summed E-state index contributed by atoms with van der Waals surface area (Å²) in [5.74, 6) is 0.0472. The Labute approximate surface area is 126 Å². The molecular weight excluding hydrogens is 321 g/mol. The third-order valence-corrected chi connectivity index (χ3v) is 4.69. The lowest BCUT2D eigenvalue weighted by molar-refractivity contribution is 0.463. The lowest BCUT2D eigenvalue weighted by Gasteiger charge is -2.08. The van der Waals surface area contributed by atoms with Crippen molar-refractivity contribution in [3.63, 3.8) is 0 Å². The maximum atomic E-state index is 13.2. The van der Waals surface area contributed by atoms with E-state index in [0.717, 1.165) is 12.1 Å². The largest absolute Gasteiger partial charge is 0.444 e. The smallest absolute Gasteiger partial charge is 0.242 e. The number of aryl methyl sites for hydroxylation is 2. The lowest BCUT2D eigenvalue weighted by Crippen LogP contribution is -2.24. The molecule has 6 nitrogen and oxygen atoms in total. The van der Waals surface area contributed by atoms with Crippen LogP contribution in [0.15, 0.2) is 21.4 Å². The summed E-state index contributed by atoms with van der Waals surface area (Å²) < 4.78 is 45.0. The van der Waals surface area contributed by atoms with Crippen molar-refractivity contribution >= 4 is 27.3 Å². The number of benzene rings is 1. The van der Waals surface area contributed by atoms with E-state index in [1.807, 2.05) is 0 Å². The van der Waals surface area contributed by atoms with E-state index in [0.29, 0.717) is 11.5 Å². The predicted octanol–water partition coefficient (Wildman–Crippen LogP) is 2.14. The van der Waals surface area contributed by atoms with E-state index in [1.165, 1.54) is 0 Å². The minimum atomic E-state index is -3.96. The molecule has 1 aromatic heterocycles. The van der Waals surface area contributed by atoms with Crippen LogP contribution in [0.25, 0.3) is 0 Å². The van der Waals surface area contributed by atoms with Crippen molar-refractivity contribution in [2.24, 2.45) is 0 Å². The standard InChI is InChI=1S/C12H13ClFN3O3S/c1-6-7(2)20-12(17-6)5-16-21(18,19)11-4-10(15)9(14)3-8(11)13/h3-4,16H,5,15H2,1-2H3. The van der Waals surface area contributed by atoms with Gasteiger partial charge in [-0.05, 0) is 26.0 Å². The van der Waals surface area contributed by atoms with Gasteiger partial charge in [0, 0.05) is 0 Å². The van der Waals surface area contributed by atoms with Crippen LogP contribution in [0.2, 0.25) is 5.02 Å². The molecule has 3 N–H and O–H groups in total. The summed E-state index contributed by atoms with van der Waals surface area (Å²) in [6.07, 6.45) is 0. The molecule has 2 aromatic rings. The number of hydrogen-bond acceptors (Lipinski definition) is 5. The molecule has 21 heavy (non-hydrogen) atoms. The summed E-state index contributed by atoms with van der Waals surface area (Å²) in [5, 5.41) is -0.256. The zero-order valence-electron chi connectivity index (χ0n) is 11.3. The topological polar surface area (TPSA) is 98.2 Å². The highest BCUT2D eigenvalue weighted by Gasteiger charge is 2.21. The number of nitrogens with zero attached hydrogens (tertiary/aromatic N) is 1. The van der Waals surface area contributed by atoms with E-state index in [1.54, 1.807) is 13.8 Å². The third kappa shape index (κ3) is 3.34. The van der Waals surface area contributed by atoms with Gasteiger partial charge >= 0.3 is 0 Å². The first kappa shape index (κ1) is 15.7. The number of anilines is 1. The fourth-order valence-electron chi connectivity index (χ4n) is 1.60. The molecule has 2 rings (SSSR count). The Hall–Kier alpha value is -1.64. The number of rotatable bonds is 4. The van der Waals surface area contributed by atoms with Crippen molar-refractivity contribution in [3.8, 4) is 0 Å². The first-order chi connectivity index (χ1) is 9.70. The van der Waals surface area contributed by atoms with E-state index in [4.69, 9.17) is 21.8 Å². The average Bonchev–Trinajstić information content (AvgIpc) is 2.71. The monoisotopic (exact) mass is 333 g/mol. The summed E-state index contributed by atoms with van der Waals surface area (Å²) in [6, 6.07) is 1.82. The quantitative estimate of drug-likeness (QED) is 0.835. The fraction of sp³-hybridized carbons (Fsp3) is 0.250. The molecule has 0 aliphatic rings. The molecule has 0 fully saturated rings. The van der Waals surface area contributed by atoms with Crippen LogP contribution in [0, 0.1) is 19.7 Å². The van der Waals surface area contributed by atoms with Crippen LogP contribution >= 0.6 is 11.6 Å². The highest BCUT2D eigenvalue weighted by Crippen LogP contribution is 2.26. The molecule has 1 aromatic carbocycles. The number of nitrogens with one attached hydrogen (secondary N) is 1. The van der Waals surface area contributed by atoms with Gasteiger partial charge < -0.3 is 10.2 Å². The molecule has 0 atom stereocenters.